The van der Waals surface area contributed by atoms with Crippen molar-refractivity contribution in [2.45, 2.75) is 18.9 Å². The summed E-state index contributed by atoms with van der Waals surface area (Å²) in [6.45, 7) is 2.62. The van der Waals surface area contributed by atoms with Gasteiger partial charge in [-0.05, 0) is 12.8 Å². The molecule has 4 nitrogen and oxygen atoms in total. The fourth-order valence-corrected chi connectivity index (χ4v) is 0.950. The van der Waals surface area contributed by atoms with Gasteiger partial charge in [0.15, 0.2) is 0 Å². The van der Waals surface area contributed by atoms with Gasteiger partial charge in [0.1, 0.15) is 0 Å². The number of nitrogens with two attached hydrogens (primary N) is 1. The van der Waals surface area contributed by atoms with Crippen molar-refractivity contribution in [3.63, 3.8) is 0 Å². The van der Waals surface area contributed by atoms with Crippen LogP contribution < -0.4 is 5.73 Å². The van der Waals surface area contributed by atoms with Gasteiger partial charge in [-0.2, -0.15) is 0 Å². The van der Waals surface area contributed by atoms with Crippen LogP contribution in [0.5, 0.6) is 0 Å². The predicted octanol–water partition coefficient (Wildman–Crippen LogP) is 0.403. The minimum absolute atomic E-state index is 0.118. The second kappa shape index (κ2) is 9.92. The molecule has 0 aliphatic carbocycles. The fraction of sp³-hybridized carbons (Fsp3) is 1.00. The molecule has 4 heteroatoms. The Morgan fingerprint density at radius 3 is 2.38 bits per heavy atom. The van der Waals surface area contributed by atoms with E-state index < -0.39 is 0 Å². The molecule has 0 fully saturated rings. The van der Waals surface area contributed by atoms with Crippen molar-refractivity contribution in [1.82, 2.24) is 0 Å². The number of rotatable bonds is 9. The molecule has 0 spiro atoms. The van der Waals surface area contributed by atoms with Crippen molar-refractivity contribution >= 4 is 0 Å². The monoisotopic (exact) mass is 191 g/mol. The topological polar surface area (TPSA) is 53.7 Å². The van der Waals surface area contributed by atoms with Gasteiger partial charge in [-0.3, -0.25) is 0 Å². The second-order valence-electron chi connectivity index (χ2n) is 2.96. The molecule has 0 aromatic carbocycles. The van der Waals surface area contributed by atoms with E-state index in [-0.39, 0.29) is 6.04 Å². The largest absolute Gasteiger partial charge is 0.385 e. The van der Waals surface area contributed by atoms with Crippen LogP contribution in [-0.4, -0.2) is 46.7 Å². The first-order chi connectivity index (χ1) is 6.31. The van der Waals surface area contributed by atoms with Crippen LogP contribution in [0.15, 0.2) is 0 Å². The summed E-state index contributed by atoms with van der Waals surface area (Å²) in [4.78, 5) is 0. The SMILES string of the molecule is COCCCC(N)COCCOC. The summed E-state index contributed by atoms with van der Waals surface area (Å²) in [6, 6.07) is 0.118. The fourth-order valence-electron chi connectivity index (χ4n) is 0.950. The van der Waals surface area contributed by atoms with Crippen molar-refractivity contribution in [2.75, 3.05) is 40.6 Å². The van der Waals surface area contributed by atoms with Gasteiger partial charge < -0.3 is 19.9 Å². The summed E-state index contributed by atoms with van der Waals surface area (Å²) >= 11 is 0. The van der Waals surface area contributed by atoms with Gasteiger partial charge >= 0.3 is 0 Å². The predicted molar refractivity (Wildman–Crippen MR) is 51.8 cm³/mol. The standard InChI is InChI=1S/C9H21NO3/c1-11-5-3-4-9(10)8-13-7-6-12-2/h9H,3-8,10H2,1-2H3. The molecular formula is C9H21NO3. The summed E-state index contributed by atoms with van der Waals surface area (Å²) in [6.07, 6.45) is 1.94. The molecule has 2 N–H and O–H groups in total. The molecule has 0 aromatic rings. The molecule has 0 aliphatic heterocycles. The van der Waals surface area contributed by atoms with Crippen LogP contribution in [0.3, 0.4) is 0 Å². The lowest BCUT2D eigenvalue weighted by molar-refractivity contribution is 0.0613. The van der Waals surface area contributed by atoms with E-state index >= 15 is 0 Å². The van der Waals surface area contributed by atoms with Crippen LogP contribution in [0.25, 0.3) is 0 Å². The Morgan fingerprint density at radius 2 is 1.77 bits per heavy atom. The molecule has 0 heterocycles. The van der Waals surface area contributed by atoms with Crippen LogP contribution in [-0.2, 0) is 14.2 Å². The lowest BCUT2D eigenvalue weighted by atomic mass is 10.2. The van der Waals surface area contributed by atoms with Crippen molar-refractivity contribution in [1.29, 1.82) is 0 Å². The van der Waals surface area contributed by atoms with Crippen molar-refractivity contribution in [3.8, 4) is 0 Å². The van der Waals surface area contributed by atoms with Crippen LogP contribution in [0.2, 0.25) is 0 Å². The van der Waals surface area contributed by atoms with Crippen LogP contribution in [0.4, 0.5) is 0 Å². The molecule has 13 heavy (non-hydrogen) atoms. The summed E-state index contributed by atoms with van der Waals surface area (Å²) < 4.78 is 15.0. The van der Waals surface area contributed by atoms with Gasteiger partial charge in [-0.15, -0.1) is 0 Å². The maximum absolute atomic E-state index is 5.78. The Hall–Kier alpha value is -0.160. The van der Waals surface area contributed by atoms with Crippen LogP contribution >= 0.6 is 0 Å². The first-order valence-corrected chi connectivity index (χ1v) is 4.62. The first kappa shape index (κ1) is 12.8. The van der Waals surface area contributed by atoms with Gasteiger partial charge in [0.2, 0.25) is 0 Å². The third-order valence-corrected chi connectivity index (χ3v) is 1.69. The van der Waals surface area contributed by atoms with E-state index in [2.05, 4.69) is 0 Å². The van der Waals surface area contributed by atoms with E-state index in [4.69, 9.17) is 19.9 Å². The Balaban J connectivity index is 3.05. The van der Waals surface area contributed by atoms with E-state index in [1.54, 1.807) is 14.2 Å². The van der Waals surface area contributed by atoms with Gasteiger partial charge in [-0.1, -0.05) is 0 Å². The summed E-state index contributed by atoms with van der Waals surface area (Å²) in [5.74, 6) is 0. The average molecular weight is 191 g/mol. The van der Waals surface area contributed by atoms with Crippen LogP contribution in [0.1, 0.15) is 12.8 Å². The molecule has 0 bridgehead atoms. The average Bonchev–Trinajstić information content (AvgIpc) is 2.13. The third kappa shape index (κ3) is 9.76. The zero-order valence-electron chi connectivity index (χ0n) is 8.62. The summed E-state index contributed by atoms with van der Waals surface area (Å²) in [5.41, 5.74) is 5.78. The number of hydrogen-bond donors (Lipinski definition) is 1. The molecule has 1 atom stereocenters. The van der Waals surface area contributed by atoms with Crippen molar-refractivity contribution in [3.05, 3.63) is 0 Å². The van der Waals surface area contributed by atoms with E-state index in [9.17, 15) is 0 Å². The van der Waals surface area contributed by atoms with E-state index in [1.807, 2.05) is 0 Å². The normalized spacial score (nSPS) is 13.2. The van der Waals surface area contributed by atoms with E-state index in [0.717, 1.165) is 19.4 Å². The lowest BCUT2D eigenvalue weighted by Crippen LogP contribution is -2.27. The number of ether oxygens (including phenoxy) is 3. The molecule has 0 saturated carbocycles. The van der Waals surface area contributed by atoms with Gasteiger partial charge in [0.25, 0.3) is 0 Å². The third-order valence-electron chi connectivity index (χ3n) is 1.69. The molecule has 0 aliphatic rings. The quantitative estimate of drug-likeness (QED) is 0.536. The molecule has 0 rings (SSSR count). The zero-order chi connectivity index (χ0) is 9.94. The van der Waals surface area contributed by atoms with Gasteiger partial charge in [0.05, 0.1) is 19.8 Å². The summed E-state index contributed by atoms with van der Waals surface area (Å²) in [7, 11) is 3.35. The first-order valence-electron chi connectivity index (χ1n) is 4.62. The smallest absolute Gasteiger partial charge is 0.0701 e. The number of hydrogen-bond acceptors (Lipinski definition) is 4. The zero-order valence-corrected chi connectivity index (χ0v) is 8.62. The molecule has 1 unspecified atom stereocenters. The highest BCUT2D eigenvalue weighted by Crippen LogP contribution is 1.95. The maximum atomic E-state index is 5.78. The summed E-state index contributed by atoms with van der Waals surface area (Å²) in [5, 5.41) is 0. The minimum Gasteiger partial charge on any atom is -0.385 e. The van der Waals surface area contributed by atoms with Crippen molar-refractivity contribution < 1.29 is 14.2 Å². The Morgan fingerprint density at radius 1 is 1.08 bits per heavy atom. The highest BCUT2D eigenvalue weighted by Gasteiger charge is 2.01. The molecular weight excluding hydrogens is 170 g/mol. The van der Waals surface area contributed by atoms with Crippen molar-refractivity contribution in [2.24, 2.45) is 5.73 Å². The lowest BCUT2D eigenvalue weighted by Gasteiger charge is -2.11. The molecule has 0 aromatic heterocycles. The Bertz CT molecular complexity index is 101. The van der Waals surface area contributed by atoms with Gasteiger partial charge in [0, 0.05) is 26.9 Å². The Kier molecular flexibility index (Phi) is 9.80. The molecule has 80 valence electrons. The minimum atomic E-state index is 0.118. The highest BCUT2D eigenvalue weighted by molar-refractivity contribution is 4.59. The van der Waals surface area contributed by atoms with E-state index in [1.165, 1.54) is 0 Å². The second-order valence-corrected chi connectivity index (χ2v) is 2.96. The Labute approximate surface area is 80.3 Å². The molecule has 0 amide bonds. The molecule has 0 radical (unpaired) electrons. The maximum Gasteiger partial charge on any atom is 0.0701 e. The van der Waals surface area contributed by atoms with Gasteiger partial charge in [-0.25, -0.2) is 0 Å². The van der Waals surface area contributed by atoms with Crippen LogP contribution in [0, 0.1) is 0 Å². The molecule has 0 saturated heterocycles. The number of methoxy groups -OCH3 is 2. The highest BCUT2D eigenvalue weighted by atomic mass is 16.5. The van der Waals surface area contributed by atoms with E-state index in [0.29, 0.717) is 19.8 Å².